The van der Waals surface area contributed by atoms with E-state index in [2.05, 4.69) is 18.7 Å². The van der Waals surface area contributed by atoms with Gasteiger partial charge in [0.1, 0.15) is 11.5 Å². The van der Waals surface area contributed by atoms with Gasteiger partial charge in [0.05, 0.1) is 6.57 Å². The fourth-order valence-electron chi connectivity index (χ4n) is 1.80. The van der Waals surface area contributed by atoms with E-state index in [1.165, 1.54) is 5.56 Å². The maximum Gasteiger partial charge on any atom is 0.229 e. The van der Waals surface area contributed by atoms with Crippen molar-refractivity contribution in [1.82, 2.24) is 0 Å². The molecule has 0 aliphatic rings. The molecule has 0 amide bonds. The van der Waals surface area contributed by atoms with Gasteiger partial charge >= 0.3 is 0 Å². The predicted octanol–water partition coefficient (Wildman–Crippen LogP) is 5.46. The number of hydrogen-bond donors (Lipinski definition) is 0. The Morgan fingerprint density at radius 3 is 2.32 bits per heavy atom. The molecule has 0 radical (unpaired) electrons. The van der Waals surface area contributed by atoms with Crippen molar-refractivity contribution in [3.63, 3.8) is 0 Å². The van der Waals surface area contributed by atoms with Gasteiger partial charge in [-0.3, -0.25) is 0 Å². The van der Waals surface area contributed by atoms with Crippen LogP contribution in [-0.4, -0.2) is 0 Å². The first-order valence-electron chi connectivity index (χ1n) is 6.36. The second-order valence-corrected chi connectivity index (χ2v) is 4.91. The molecule has 0 aromatic heterocycles. The molecule has 2 aromatic rings. The number of benzene rings is 2. The lowest BCUT2D eigenvalue weighted by atomic mass is 10.0. The van der Waals surface area contributed by atoms with E-state index in [1.54, 1.807) is 0 Å². The van der Waals surface area contributed by atoms with Crippen molar-refractivity contribution in [2.24, 2.45) is 0 Å². The molecule has 0 saturated heterocycles. The highest BCUT2D eigenvalue weighted by atomic mass is 16.5. The molecule has 0 atom stereocenters. The minimum absolute atomic E-state index is 0.411. The number of nitrogens with zero attached hydrogens (tertiary/aromatic N) is 1. The van der Waals surface area contributed by atoms with Crippen LogP contribution in [0.2, 0.25) is 0 Å². The van der Waals surface area contributed by atoms with E-state index < -0.39 is 0 Å². The highest BCUT2D eigenvalue weighted by Gasteiger charge is 2.08. The molecule has 2 aromatic carbocycles. The SMILES string of the molecule is [C-]#[N+]c1cc(C(C)C)ccc1Oc1ccc(C)cc1. The van der Waals surface area contributed by atoms with Gasteiger partial charge in [0.2, 0.25) is 5.69 Å². The third-order valence-corrected chi connectivity index (χ3v) is 3.02. The zero-order valence-corrected chi connectivity index (χ0v) is 11.5. The summed E-state index contributed by atoms with van der Waals surface area (Å²) < 4.78 is 5.78. The van der Waals surface area contributed by atoms with Crippen molar-refractivity contribution in [3.8, 4) is 11.5 Å². The summed E-state index contributed by atoms with van der Waals surface area (Å²) >= 11 is 0. The third kappa shape index (κ3) is 3.14. The Labute approximate surface area is 114 Å². The molecular formula is C17H17NO. The van der Waals surface area contributed by atoms with Crippen LogP contribution in [0.15, 0.2) is 42.5 Å². The summed E-state index contributed by atoms with van der Waals surface area (Å²) in [7, 11) is 0. The van der Waals surface area contributed by atoms with Crippen LogP contribution >= 0.6 is 0 Å². The molecule has 0 aliphatic carbocycles. The lowest BCUT2D eigenvalue weighted by molar-refractivity contribution is 0.485. The maximum absolute atomic E-state index is 7.27. The van der Waals surface area contributed by atoms with E-state index in [0.29, 0.717) is 17.4 Å². The van der Waals surface area contributed by atoms with Gasteiger partial charge in [-0.05, 0) is 37.1 Å². The summed E-state index contributed by atoms with van der Waals surface area (Å²) in [6.45, 7) is 13.5. The van der Waals surface area contributed by atoms with Crippen molar-refractivity contribution in [2.75, 3.05) is 0 Å². The molecule has 0 spiro atoms. The van der Waals surface area contributed by atoms with Crippen molar-refractivity contribution in [3.05, 3.63) is 65.0 Å². The van der Waals surface area contributed by atoms with Crippen LogP contribution in [0.3, 0.4) is 0 Å². The predicted molar refractivity (Wildman–Crippen MR) is 78.0 cm³/mol. The molecule has 0 unspecified atom stereocenters. The Morgan fingerprint density at radius 2 is 1.74 bits per heavy atom. The summed E-state index contributed by atoms with van der Waals surface area (Å²) in [6.07, 6.45) is 0. The molecule has 0 saturated carbocycles. The van der Waals surface area contributed by atoms with Crippen LogP contribution in [0.25, 0.3) is 4.85 Å². The lowest BCUT2D eigenvalue weighted by Gasteiger charge is -2.11. The fraction of sp³-hybridized carbons (Fsp3) is 0.235. The van der Waals surface area contributed by atoms with Crippen LogP contribution in [0.4, 0.5) is 5.69 Å². The minimum atomic E-state index is 0.411. The van der Waals surface area contributed by atoms with E-state index in [0.717, 1.165) is 11.3 Å². The Hall–Kier alpha value is -2.27. The Bertz CT molecular complexity index is 606. The number of hydrogen-bond acceptors (Lipinski definition) is 1. The van der Waals surface area contributed by atoms with Crippen molar-refractivity contribution in [2.45, 2.75) is 26.7 Å². The third-order valence-electron chi connectivity index (χ3n) is 3.02. The molecule has 0 fully saturated rings. The molecular weight excluding hydrogens is 234 g/mol. The molecule has 96 valence electrons. The van der Waals surface area contributed by atoms with Gasteiger partial charge < -0.3 is 4.74 Å². The highest BCUT2D eigenvalue weighted by molar-refractivity contribution is 5.60. The summed E-state index contributed by atoms with van der Waals surface area (Å²) in [5.41, 5.74) is 2.90. The smallest absolute Gasteiger partial charge is 0.229 e. The molecule has 0 aliphatic heterocycles. The number of aryl methyl sites for hydroxylation is 1. The first-order valence-corrected chi connectivity index (χ1v) is 6.36. The number of ether oxygens (including phenoxy) is 1. The van der Waals surface area contributed by atoms with E-state index in [9.17, 15) is 0 Å². The van der Waals surface area contributed by atoms with Gasteiger partial charge in [0, 0.05) is 0 Å². The maximum atomic E-state index is 7.27. The Kier molecular flexibility index (Phi) is 3.87. The molecule has 2 rings (SSSR count). The summed E-state index contributed by atoms with van der Waals surface area (Å²) in [4.78, 5) is 3.55. The molecule has 0 bridgehead atoms. The normalized spacial score (nSPS) is 10.3. The van der Waals surface area contributed by atoms with Crippen molar-refractivity contribution >= 4 is 5.69 Å². The fourth-order valence-corrected chi connectivity index (χ4v) is 1.80. The molecule has 0 N–H and O–H groups in total. The van der Waals surface area contributed by atoms with Gasteiger partial charge in [0.25, 0.3) is 0 Å². The van der Waals surface area contributed by atoms with Gasteiger partial charge in [-0.2, -0.15) is 0 Å². The Balaban J connectivity index is 2.30. The number of rotatable bonds is 3. The summed E-state index contributed by atoms with van der Waals surface area (Å²) in [5.74, 6) is 1.78. The Morgan fingerprint density at radius 1 is 1.05 bits per heavy atom. The topological polar surface area (TPSA) is 13.6 Å². The second-order valence-electron chi connectivity index (χ2n) is 4.91. The molecule has 2 heteroatoms. The van der Waals surface area contributed by atoms with E-state index >= 15 is 0 Å². The summed E-state index contributed by atoms with van der Waals surface area (Å²) in [5, 5.41) is 0. The molecule has 2 nitrogen and oxygen atoms in total. The van der Waals surface area contributed by atoms with Crippen LogP contribution in [0.5, 0.6) is 11.5 Å². The molecule has 19 heavy (non-hydrogen) atoms. The quantitative estimate of drug-likeness (QED) is 0.660. The highest BCUT2D eigenvalue weighted by Crippen LogP contribution is 2.34. The van der Waals surface area contributed by atoms with Crippen LogP contribution in [-0.2, 0) is 0 Å². The van der Waals surface area contributed by atoms with E-state index in [1.807, 2.05) is 49.4 Å². The first-order chi connectivity index (χ1) is 9.10. The van der Waals surface area contributed by atoms with Crippen LogP contribution in [0.1, 0.15) is 30.9 Å². The lowest BCUT2D eigenvalue weighted by Crippen LogP contribution is -1.89. The average molecular weight is 251 g/mol. The van der Waals surface area contributed by atoms with E-state index in [-0.39, 0.29) is 0 Å². The van der Waals surface area contributed by atoms with E-state index in [4.69, 9.17) is 11.3 Å². The van der Waals surface area contributed by atoms with Crippen molar-refractivity contribution < 1.29 is 4.74 Å². The van der Waals surface area contributed by atoms with Gasteiger partial charge in [0.15, 0.2) is 0 Å². The largest absolute Gasteiger partial charge is 0.468 e. The summed E-state index contributed by atoms with van der Waals surface area (Å²) in [6, 6.07) is 13.6. The first kappa shape index (κ1) is 13.2. The van der Waals surface area contributed by atoms with Gasteiger partial charge in [-0.25, -0.2) is 4.85 Å². The van der Waals surface area contributed by atoms with Gasteiger partial charge in [-0.15, -0.1) is 0 Å². The van der Waals surface area contributed by atoms with Gasteiger partial charge in [-0.1, -0.05) is 43.2 Å². The average Bonchev–Trinajstić information content (AvgIpc) is 2.41. The second kappa shape index (κ2) is 5.58. The van der Waals surface area contributed by atoms with Crippen LogP contribution in [0, 0.1) is 13.5 Å². The zero-order chi connectivity index (χ0) is 13.8. The monoisotopic (exact) mass is 251 g/mol. The zero-order valence-electron chi connectivity index (χ0n) is 11.5. The van der Waals surface area contributed by atoms with Crippen LogP contribution < -0.4 is 4.74 Å². The standard InChI is InChI=1S/C17H17NO/c1-12(2)14-7-10-17(16(11-14)18-4)19-15-8-5-13(3)6-9-15/h5-12H,1-3H3. The van der Waals surface area contributed by atoms with Crippen molar-refractivity contribution in [1.29, 1.82) is 0 Å². The molecule has 0 heterocycles. The minimum Gasteiger partial charge on any atom is -0.468 e.